The molecule has 2 atom stereocenters. The van der Waals surface area contributed by atoms with E-state index in [9.17, 15) is 25.2 Å². The first kappa shape index (κ1) is 17.7. The van der Waals surface area contributed by atoms with Gasteiger partial charge in [-0.25, -0.2) is 0 Å². The van der Waals surface area contributed by atoms with Gasteiger partial charge in [-0.15, -0.1) is 0 Å². The Hall–Kier alpha value is -2.69. The molecule has 0 saturated heterocycles. The first-order valence-electron chi connectivity index (χ1n) is 7.96. The molecule has 0 bridgehead atoms. The largest absolute Gasteiger partial charge is 0.508 e. The fraction of sp³-hybridized carbons (Fsp3) is 0.316. The van der Waals surface area contributed by atoms with Gasteiger partial charge in [0.25, 0.3) is 0 Å². The Balaban J connectivity index is 2.41. The second-order valence-corrected chi connectivity index (χ2v) is 5.81. The molecule has 24 heavy (non-hydrogen) atoms. The van der Waals surface area contributed by atoms with Crippen LogP contribution < -0.4 is 0 Å². The standard InChI is InChI=1S/C19H22O5/c1-3-13(15-7-5-11(20)9-17(15)22)19(24)14(4-2)16-8-6-12(21)10-18(16)23/h5-10,13-14,20-23H,3-4H2,1-2H3. The second kappa shape index (κ2) is 7.25. The van der Waals surface area contributed by atoms with Crippen LogP contribution in [0.15, 0.2) is 36.4 Å². The molecule has 2 unspecified atom stereocenters. The molecule has 5 nitrogen and oxygen atoms in total. The number of aromatic hydroxyl groups is 4. The van der Waals surface area contributed by atoms with Gasteiger partial charge in [-0.3, -0.25) is 4.79 Å². The van der Waals surface area contributed by atoms with Gasteiger partial charge in [0.2, 0.25) is 0 Å². The zero-order chi connectivity index (χ0) is 17.9. The number of hydrogen-bond donors (Lipinski definition) is 4. The summed E-state index contributed by atoms with van der Waals surface area (Å²) in [5, 5.41) is 39.0. The average Bonchev–Trinajstić information content (AvgIpc) is 2.52. The predicted molar refractivity (Wildman–Crippen MR) is 90.6 cm³/mol. The van der Waals surface area contributed by atoms with Crippen molar-refractivity contribution in [2.75, 3.05) is 0 Å². The van der Waals surface area contributed by atoms with Crippen molar-refractivity contribution in [3.05, 3.63) is 47.5 Å². The monoisotopic (exact) mass is 330 g/mol. The van der Waals surface area contributed by atoms with Gasteiger partial charge in [0.15, 0.2) is 0 Å². The Morgan fingerprint density at radius 1 is 0.792 bits per heavy atom. The van der Waals surface area contributed by atoms with Crippen LogP contribution in [0.2, 0.25) is 0 Å². The molecule has 0 heterocycles. The lowest BCUT2D eigenvalue weighted by molar-refractivity contribution is -0.122. The molecule has 0 fully saturated rings. The molecule has 2 aromatic rings. The molecule has 0 aliphatic heterocycles. The van der Waals surface area contributed by atoms with Crippen molar-refractivity contribution in [3.63, 3.8) is 0 Å². The highest BCUT2D eigenvalue weighted by molar-refractivity contribution is 5.92. The second-order valence-electron chi connectivity index (χ2n) is 5.81. The van der Waals surface area contributed by atoms with Crippen molar-refractivity contribution >= 4 is 5.78 Å². The molecular formula is C19H22O5. The van der Waals surface area contributed by atoms with Gasteiger partial charge in [-0.2, -0.15) is 0 Å². The Kier molecular flexibility index (Phi) is 5.34. The van der Waals surface area contributed by atoms with Crippen LogP contribution in [0.25, 0.3) is 0 Å². The quantitative estimate of drug-likeness (QED) is 0.646. The van der Waals surface area contributed by atoms with E-state index in [1.165, 1.54) is 24.3 Å². The molecule has 0 aliphatic rings. The van der Waals surface area contributed by atoms with Crippen molar-refractivity contribution < 1.29 is 25.2 Å². The van der Waals surface area contributed by atoms with Crippen molar-refractivity contribution in [2.24, 2.45) is 0 Å². The molecule has 128 valence electrons. The summed E-state index contributed by atoms with van der Waals surface area (Å²) >= 11 is 0. The number of rotatable bonds is 6. The van der Waals surface area contributed by atoms with E-state index in [0.29, 0.717) is 24.0 Å². The van der Waals surface area contributed by atoms with Gasteiger partial charge in [-0.1, -0.05) is 26.0 Å². The van der Waals surface area contributed by atoms with Crippen LogP contribution in [0.4, 0.5) is 0 Å². The van der Waals surface area contributed by atoms with Crippen molar-refractivity contribution in [3.8, 4) is 23.0 Å². The summed E-state index contributed by atoms with van der Waals surface area (Å²) in [6.07, 6.45) is 0.957. The summed E-state index contributed by atoms with van der Waals surface area (Å²) in [4.78, 5) is 13.0. The van der Waals surface area contributed by atoms with Crippen LogP contribution in [0, 0.1) is 0 Å². The first-order chi connectivity index (χ1) is 11.4. The highest BCUT2D eigenvalue weighted by Gasteiger charge is 2.30. The van der Waals surface area contributed by atoms with Crippen LogP contribution in [-0.2, 0) is 4.79 Å². The minimum atomic E-state index is -0.552. The van der Waals surface area contributed by atoms with Gasteiger partial charge < -0.3 is 20.4 Å². The number of Topliss-reactive ketones (excluding diaryl/α,β-unsaturated/α-hetero) is 1. The molecule has 0 spiro atoms. The fourth-order valence-electron chi connectivity index (χ4n) is 3.05. The maximum atomic E-state index is 13.0. The Morgan fingerprint density at radius 3 is 1.46 bits per heavy atom. The summed E-state index contributed by atoms with van der Waals surface area (Å²) in [6, 6.07) is 8.38. The number of benzene rings is 2. The van der Waals surface area contributed by atoms with Crippen LogP contribution in [-0.4, -0.2) is 26.2 Å². The van der Waals surface area contributed by atoms with E-state index >= 15 is 0 Å². The van der Waals surface area contributed by atoms with Gasteiger partial charge in [0.05, 0.1) is 0 Å². The van der Waals surface area contributed by atoms with E-state index in [4.69, 9.17) is 0 Å². The Labute approximate surface area is 140 Å². The van der Waals surface area contributed by atoms with E-state index in [1.54, 1.807) is 12.1 Å². The number of carbonyl (C=O) groups excluding carboxylic acids is 1. The Morgan fingerprint density at radius 2 is 1.17 bits per heavy atom. The number of phenolic OH excluding ortho intramolecular Hbond substituents is 4. The van der Waals surface area contributed by atoms with Gasteiger partial charge >= 0.3 is 0 Å². The van der Waals surface area contributed by atoms with Crippen LogP contribution in [0.5, 0.6) is 23.0 Å². The summed E-state index contributed by atoms with van der Waals surface area (Å²) in [6.45, 7) is 3.69. The summed E-state index contributed by atoms with van der Waals surface area (Å²) in [5.41, 5.74) is 0.911. The van der Waals surface area contributed by atoms with Gasteiger partial charge in [-0.05, 0) is 25.0 Å². The van der Waals surface area contributed by atoms with E-state index in [0.717, 1.165) is 0 Å². The first-order valence-corrected chi connectivity index (χ1v) is 7.96. The molecule has 0 aromatic heterocycles. The summed E-state index contributed by atoms with van der Waals surface area (Å²) < 4.78 is 0. The number of phenols is 4. The smallest absolute Gasteiger partial charge is 0.148 e. The Bertz CT molecular complexity index is 677. The molecule has 2 rings (SSSR count). The zero-order valence-corrected chi connectivity index (χ0v) is 13.7. The third kappa shape index (κ3) is 3.45. The lowest BCUT2D eigenvalue weighted by atomic mass is 9.80. The minimum Gasteiger partial charge on any atom is -0.508 e. The maximum absolute atomic E-state index is 13.0. The predicted octanol–water partition coefficient (Wildman–Crippen LogP) is 3.77. The average molecular weight is 330 g/mol. The van der Waals surface area contributed by atoms with Crippen LogP contribution in [0.1, 0.15) is 49.7 Å². The van der Waals surface area contributed by atoms with E-state index < -0.39 is 11.8 Å². The van der Waals surface area contributed by atoms with E-state index in [2.05, 4.69) is 0 Å². The molecular weight excluding hydrogens is 308 g/mol. The normalized spacial score (nSPS) is 13.4. The third-order valence-electron chi connectivity index (χ3n) is 4.28. The lowest BCUT2D eigenvalue weighted by Crippen LogP contribution is -2.20. The number of carbonyl (C=O) groups is 1. The highest BCUT2D eigenvalue weighted by Crippen LogP contribution is 2.39. The number of ketones is 1. The molecule has 0 amide bonds. The summed E-state index contributed by atoms with van der Waals surface area (Å²) in [5.74, 6) is -1.61. The molecule has 0 saturated carbocycles. The number of hydrogen-bond acceptors (Lipinski definition) is 5. The maximum Gasteiger partial charge on any atom is 0.148 e. The van der Waals surface area contributed by atoms with Gasteiger partial charge in [0, 0.05) is 35.1 Å². The third-order valence-corrected chi connectivity index (χ3v) is 4.28. The zero-order valence-electron chi connectivity index (χ0n) is 13.7. The molecule has 2 aromatic carbocycles. The van der Waals surface area contributed by atoms with E-state index in [-0.39, 0.29) is 28.8 Å². The molecule has 4 N–H and O–H groups in total. The minimum absolute atomic E-state index is 0.0678. The van der Waals surface area contributed by atoms with Crippen molar-refractivity contribution in [2.45, 2.75) is 38.5 Å². The molecule has 0 radical (unpaired) electrons. The van der Waals surface area contributed by atoms with Crippen LogP contribution in [0.3, 0.4) is 0 Å². The molecule has 0 aliphatic carbocycles. The van der Waals surface area contributed by atoms with Crippen molar-refractivity contribution in [1.29, 1.82) is 0 Å². The lowest BCUT2D eigenvalue weighted by Gasteiger charge is -2.23. The molecule has 5 heteroatoms. The summed E-state index contributed by atoms with van der Waals surface area (Å²) in [7, 11) is 0. The van der Waals surface area contributed by atoms with Crippen LogP contribution >= 0.6 is 0 Å². The SMILES string of the molecule is CCC(C(=O)C(CC)c1ccc(O)cc1O)c1ccc(O)cc1O. The van der Waals surface area contributed by atoms with Gasteiger partial charge in [0.1, 0.15) is 28.8 Å². The van der Waals surface area contributed by atoms with E-state index in [1.807, 2.05) is 13.8 Å². The fourth-order valence-corrected chi connectivity index (χ4v) is 3.05. The highest BCUT2D eigenvalue weighted by atomic mass is 16.3. The topological polar surface area (TPSA) is 98.0 Å². The van der Waals surface area contributed by atoms with Crippen molar-refractivity contribution in [1.82, 2.24) is 0 Å².